The average molecular weight is 267 g/mol. The van der Waals surface area contributed by atoms with Crippen LogP contribution in [0.5, 0.6) is 0 Å². The Morgan fingerprint density at radius 3 is 2.56 bits per heavy atom. The van der Waals surface area contributed by atoms with E-state index in [0.29, 0.717) is 0 Å². The van der Waals surface area contributed by atoms with Crippen molar-refractivity contribution >= 4 is 11.3 Å². The van der Waals surface area contributed by atoms with E-state index in [2.05, 4.69) is 31.3 Å². The number of hydrogen-bond donors (Lipinski definition) is 2. The molecule has 0 bridgehead atoms. The fourth-order valence-electron chi connectivity index (χ4n) is 2.69. The summed E-state index contributed by atoms with van der Waals surface area (Å²) in [5.41, 5.74) is -0.0249. The van der Waals surface area contributed by atoms with Crippen LogP contribution in [0.4, 0.5) is 0 Å². The van der Waals surface area contributed by atoms with Gasteiger partial charge in [-0.3, -0.25) is 0 Å². The van der Waals surface area contributed by atoms with Crippen LogP contribution in [-0.4, -0.2) is 17.3 Å². The number of aliphatic hydroxyl groups excluding tert-OH is 1. The predicted molar refractivity (Wildman–Crippen MR) is 78.0 cm³/mol. The molecule has 2 rings (SSSR count). The van der Waals surface area contributed by atoms with E-state index in [1.54, 1.807) is 0 Å². The maximum Gasteiger partial charge on any atom is 0.0613 e. The van der Waals surface area contributed by atoms with Crippen LogP contribution in [0, 0.1) is 5.92 Å². The van der Waals surface area contributed by atoms with E-state index in [4.69, 9.17) is 0 Å². The van der Waals surface area contributed by atoms with Crippen molar-refractivity contribution in [3.05, 3.63) is 21.9 Å². The fourth-order valence-corrected chi connectivity index (χ4v) is 3.59. The van der Waals surface area contributed by atoms with E-state index in [0.717, 1.165) is 31.7 Å². The summed E-state index contributed by atoms with van der Waals surface area (Å²) in [5, 5.41) is 13.3. The SMILES string of the molecule is CCc1ccc(CNC2(CO)CCC(C)CC2)s1. The molecule has 1 saturated carbocycles. The molecule has 0 atom stereocenters. The maximum atomic E-state index is 9.70. The highest BCUT2D eigenvalue weighted by Crippen LogP contribution is 2.32. The number of rotatable bonds is 5. The van der Waals surface area contributed by atoms with Crippen molar-refractivity contribution < 1.29 is 5.11 Å². The molecule has 1 aromatic rings. The number of hydrogen-bond acceptors (Lipinski definition) is 3. The molecule has 1 heterocycles. The van der Waals surface area contributed by atoms with Crippen LogP contribution in [0.25, 0.3) is 0 Å². The lowest BCUT2D eigenvalue weighted by Crippen LogP contribution is -2.50. The molecular weight excluding hydrogens is 242 g/mol. The molecule has 2 nitrogen and oxygen atoms in total. The molecule has 0 aliphatic heterocycles. The molecule has 18 heavy (non-hydrogen) atoms. The highest BCUT2D eigenvalue weighted by Gasteiger charge is 2.32. The lowest BCUT2D eigenvalue weighted by Gasteiger charge is -2.39. The minimum Gasteiger partial charge on any atom is -0.394 e. The van der Waals surface area contributed by atoms with Gasteiger partial charge >= 0.3 is 0 Å². The second-order valence-electron chi connectivity index (χ2n) is 5.70. The van der Waals surface area contributed by atoms with Gasteiger partial charge in [0.05, 0.1) is 6.61 Å². The first-order chi connectivity index (χ1) is 8.67. The highest BCUT2D eigenvalue weighted by molar-refractivity contribution is 7.11. The Balaban J connectivity index is 1.90. The third kappa shape index (κ3) is 3.34. The topological polar surface area (TPSA) is 32.3 Å². The third-order valence-electron chi connectivity index (χ3n) is 4.24. The van der Waals surface area contributed by atoms with Gasteiger partial charge in [0, 0.05) is 21.8 Å². The van der Waals surface area contributed by atoms with Crippen molar-refractivity contribution in [3.63, 3.8) is 0 Å². The zero-order valence-corrected chi connectivity index (χ0v) is 12.4. The van der Waals surface area contributed by atoms with Crippen molar-refractivity contribution in [2.75, 3.05) is 6.61 Å². The zero-order valence-electron chi connectivity index (χ0n) is 11.5. The Hall–Kier alpha value is -0.380. The molecule has 2 N–H and O–H groups in total. The third-order valence-corrected chi connectivity index (χ3v) is 5.47. The molecular formula is C15H25NOS. The second-order valence-corrected chi connectivity index (χ2v) is 6.95. The van der Waals surface area contributed by atoms with Gasteiger partial charge in [-0.05, 0) is 50.2 Å². The van der Waals surface area contributed by atoms with Crippen LogP contribution in [-0.2, 0) is 13.0 Å². The molecule has 3 heteroatoms. The molecule has 1 aromatic heterocycles. The van der Waals surface area contributed by atoms with E-state index < -0.39 is 0 Å². The normalized spacial score (nSPS) is 28.5. The van der Waals surface area contributed by atoms with Gasteiger partial charge < -0.3 is 10.4 Å². The Kier molecular flexibility index (Phi) is 4.82. The minimum atomic E-state index is -0.0249. The van der Waals surface area contributed by atoms with Crippen LogP contribution in [0.3, 0.4) is 0 Å². The van der Waals surface area contributed by atoms with Crippen LogP contribution in [0.1, 0.15) is 49.3 Å². The van der Waals surface area contributed by atoms with Crippen LogP contribution in [0.15, 0.2) is 12.1 Å². The lowest BCUT2D eigenvalue weighted by atomic mass is 9.77. The number of aliphatic hydroxyl groups is 1. The highest BCUT2D eigenvalue weighted by atomic mass is 32.1. The Morgan fingerprint density at radius 1 is 1.33 bits per heavy atom. The minimum absolute atomic E-state index is 0.0249. The van der Waals surface area contributed by atoms with E-state index in [-0.39, 0.29) is 12.1 Å². The van der Waals surface area contributed by atoms with Gasteiger partial charge in [0.1, 0.15) is 0 Å². The first-order valence-corrected chi connectivity index (χ1v) is 7.92. The molecule has 0 amide bonds. The van der Waals surface area contributed by atoms with Crippen LogP contribution < -0.4 is 5.32 Å². The summed E-state index contributed by atoms with van der Waals surface area (Å²) in [4.78, 5) is 2.83. The first-order valence-electron chi connectivity index (χ1n) is 7.11. The Labute approximate surface area is 114 Å². The van der Waals surface area contributed by atoms with Gasteiger partial charge in [0.2, 0.25) is 0 Å². The van der Waals surface area contributed by atoms with Gasteiger partial charge in [-0.15, -0.1) is 11.3 Å². The second kappa shape index (κ2) is 6.18. The van der Waals surface area contributed by atoms with Crippen LogP contribution >= 0.6 is 11.3 Å². The van der Waals surface area contributed by atoms with Gasteiger partial charge in [0.25, 0.3) is 0 Å². The number of nitrogens with one attached hydrogen (secondary N) is 1. The van der Waals surface area contributed by atoms with Gasteiger partial charge in [-0.2, -0.15) is 0 Å². The summed E-state index contributed by atoms with van der Waals surface area (Å²) in [6, 6.07) is 4.43. The summed E-state index contributed by atoms with van der Waals surface area (Å²) in [5.74, 6) is 0.819. The summed E-state index contributed by atoms with van der Waals surface area (Å²) in [6.07, 6.45) is 5.80. The van der Waals surface area contributed by atoms with Crippen molar-refractivity contribution in [2.24, 2.45) is 5.92 Å². The van der Waals surface area contributed by atoms with Crippen molar-refractivity contribution in [1.29, 1.82) is 0 Å². The largest absolute Gasteiger partial charge is 0.394 e. The quantitative estimate of drug-likeness (QED) is 0.857. The smallest absolute Gasteiger partial charge is 0.0613 e. The molecule has 1 aliphatic carbocycles. The molecule has 1 aliphatic rings. The first kappa shape index (κ1) is 14.0. The van der Waals surface area contributed by atoms with E-state index in [1.807, 2.05) is 11.3 Å². The molecule has 102 valence electrons. The number of aryl methyl sites for hydroxylation is 1. The summed E-state index contributed by atoms with van der Waals surface area (Å²) in [7, 11) is 0. The van der Waals surface area contributed by atoms with E-state index in [9.17, 15) is 5.11 Å². The number of thiophene rings is 1. The monoisotopic (exact) mass is 267 g/mol. The molecule has 0 aromatic carbocycles. The summed E-state index contributed by atoms with van der Waals surface area (Å²) in [6.45, 7) is 5.68. The molecule has 0 saturated heterocycles. The molecule has 1 fully saturated rings. The van der Waals surface area contributed by atoms with E-state index in [1.165, 1.54) is 22.6 Å². The van der Waals surface area contributed by atoms with Gasteiger partial charge in [0.15, 0.2) is 0 Å². The van der Waals surface area contributed by atoms with Gasteiger partial charge in [-0.25, -0.2) is 0 Å². The lowest BCUT2D eigenvalue weighted by molar-refractivity contribution is 0.104. The van der Waals surface area contributed by atoms with Crippen molar-refractivity contribution in [1.82, 2.24) is 5.32 Å². The Morgan fingerprint density at radius 2 is 2.00 bits per heavy atom. The standard InChI is InChI=1S/C15H25NOS/c1-3-13-4-5-14(18-13)10-16-15(11-17)8-6-12(2)7-9-15/h4-5,12,16-17H,3,6-11H2,1-2H3. The zero-order chi connectivity index (χ0) is 13.0. The molecule has 0 radical (unpaired) electrons. The van der Waals surface area contributed by atoms with Crippen molar-refractivity contribution in [3.8, 4) is 0 Å². The van der Waals surface area contributed by atoms with E-state index >= 15 is 0 Å². The summed E-state index contributed by atoms with van der Waals surface area (Å²) < 4.78 is 0. The molecule has 0 spiro atoms. The summed E-state index contributed by atoms with van der Waals surface area (Å²) >= 11 is 1.89. The van der Waals surface area contributed by atoms with Crippen LogP contribution in [0.2, 0.25) is 0 Å². The predicted octanol–water partition coefficient (Wildman–Crippen LogP) is 3.34. The maximum absolute atomic E-state index is 9.70. The van der Waals surface area contributed by atoms with Gasteiger partial charge in [-0.1, -0.05) is 13.8 Å². The molecule has 0 unspecified atom stereocenters. The van der Waals surface area contributed by atoms with Crippen molar-refractivity contribution in [2.45, 2.75) is 58.0 Å². The fraction of sp³-hybridized carbons (Fsp3) is 0.733. The Bertz CT molecular complexity index is 366. The average Bonchev–Trinajstić information content (AvgIpc) is 2.87.